The minimum absolute atomic E-state index is 0.0379. The summed E-state index contributed by atoms with van der Waals surface area (Å²) in [6, 6.07) is 7.00. The van der Waals surface area contributed by atoms with Crippen LogP contribution in [0, 0.1) is 5.92 Å². The van der Waals surface area contributed by atoms with E-state index in [1.807, 2.05) is 12.1 Å². The molecule has 1 amide bonds. The van der Waals surface area contributed by atoms with Gasteiger partial charge in [-0.15, -0.1) is 0 Å². The van der Waals surface area contributed by atoms with Gasteiger partial charge < -0.3 is 15.8 Å². The Morgan fingerprint density at radius 3 is 2.48 bits per heavy atom. The van der Waals surface area contributed by atoms with E-state index in [1.54, 1.807) is 12.1 Å². The lowest BCUT2D eigenvalue weighted by molar-refractivity contribution is -0.121. The highest BCUT2D eigenvalue weighted by molar-refractivity contribution is 5.89. The summed E-state index contributed by atoms with van der Waals surface area (Å²) in [4.78, 5) is 23.0. The molecule has 0 saturated carbocycles. The van der Waals surface area contributed by atoms with Gasteiger partial charge in [-0.3, -0.25) is 4.79 Å². The van der Waals surface area contributed by atoms with E-state index in [1.165, 1.54) is 7.11 Å². The average Bonchev–Trinajstić information content (AvgIpc) is 2.51. The maximum absolute atomic E-state index is 11.7. The van der Waals surface area contributed by atoms with Crippen molar-refractivity contribution in [1.29, 1.82) is 0 Å². The molecule has 116 valence electrons. The summed E-state index contributed by atoms with van der Waals surface area (Å²) >= 11 is 0. The molecule has 1 aromatic rings. The van der Waals surface area contributed by atoms with Crippen LogP contribution in [-0.4, -0.2) is 25.5 Å². The fraction of sp³-hybridized carbons (Fsp3) is 0.500. The highest BCUT2D eigenvalue weighted by Gasteiger charge is 2.07. The van der Waals surface area contributed by atoms with Gasteiger partial charge in [-0.25, -0.2) is 4.79 Å². The molecule has 1 aromatic carbocycles. The third-order valence-corrected chi connectivity index (χ3v) is 3.39. The van der Waals surface area contributed by atoms with Crippen LogP contribution in [0.1, 0.15) is 42.1 Å². The van der Waals surface area contributed by atoms with Crippen molar-refractivity contribution in [3.63, 3.8) is 0 Å². The molecule has 0 aliphatic heterocycles. The lowest BCUT2D eigenvalue weighted by Crippen LogP contribution is -2.23. The topological polar surface area (TPSA) is 81.4 Å². The smallest absolute Gasteiger partial charge is 0.337 e. The Morgan fingerprint density at radius 1 is 1.24 bits per heavy atom. The summed E-state index contributed by atoms with van der Waals surface area (Å²) in [6.07, 6.45) is 2.31. The number of benzene rings is 1. The van der Waals surface area contributed by atoms with Gasteiger partial charge in [0.1, 0.15) is 0 Å². The highest BCUT2D eigenvalue weighted by Crippen LogP contribution is 2.09. The number of esters is 1. The van der Waals surface area contributed by atoms with Crippen molar-refractivity contribution in [2.24, 2.45) is 11.7 Å². The van der Waals surface area contributed by atoms with E-state index in [0.717, 1.165) is 18.4 Å². The average molecular weight is 292 g/mol. The Bertz CT molecular complexity index is 457. The molecule has 0 saturated heterocycles. The SMILES string of the molecule is COC(=O)c1ccc(CNC(=O)CCC(C)CCN)cc1. The molecule has 0 fully saturated rings. The summed E-state index contributed by atoms with van der Waals surface area (Å²) < 4.78 is 4.63. The normalized spacial score (nSPS) is 11.8. The second-order valence-electron chi connectivity index (χ2n) is 5.19. The molecule has 5 heteroatoms. The van der Waals surface area contributed by atoms with Crippen molar-refractivity contribution < 1.29 is 14.3 Å². The van der Waals surface area contributed by atoms with Gasteiger partial charge in [0.05, 0.1) is 12.7 Å². The number of methoxy groups -OCH3 is 1. The van der Waals surface area contributed by atoms with Crippen LogP contribution in [0.25, 0.3) is 0 Å². The first-order valence-corrected chi connectivity index (χ1v) is 7.20. The van der Waals surface area contributed by atoms with Crippen LogP contribution < -0.4 is 11.1 Å². The fourth-order valence-electron chi connectivity index (χ4n) is 1.97. The van der Waals surface area contributed by atoms with Crippen LogP contribution in [0.4, 0.5) is 0 Å². The number of carbonyl (C=O) groups excluding carboxylic acids is 2. The van der Waals surface area contributed by atoms with Crippen molar-refractivity contribution in [2.75, 3.05) is 13.7 Å². The second kappa shape index (κ2) is 9.13. The van der Waals surface area contributed by atoms with Gasteiger partial charge in [0, 0.05) is 13.0 Å². The van der Waals surface area contributed by atoms with Gasteiger partial charge in [0.25, 0.3) is 0 Å². The second-order valence-corrected chi connectivity index (χ2v) is 5.19. The molecular formula is C16H24N2O3. The third kappa shape index (κ3) is 6.40. The molecule has 3 N–H and O–H groups in total. The van der Waals surface area contributed by atoms with Crippen LogP contribution >= 0.6 is 0 Å². The van der Waals surface area contributed by atoms with Crippen LogP contribution in [0.15, 0.2) is 24.3 Å². The molecule has 0 aromatic heterocycles. The lowest BCUT2D eigenvalue weighted by Gasteiger charge is -2.10. The van der Waals surface area contributed by atoms with Gasteiger partial charge in [0.15, 0.2) is 0 Å². The lowest BCUT2D eigenvalue weighted by atomic mass is 10.0. The zero-order valence-corrected chi connectivity index (χ0v) is 12.7. The van der Waals surface area contributed by atoms with Gasteiger partial charge in [0.2, 0.25) is 5.91 Å². The molecule has 5 nitrogen and oxygen atoms in total. The fourth-order valence-corrected chi connectivity index (χ4v) is 1.97. The zero-order chi connectivity index (χ0) is 15.7. The molecule has 0 bridgehead atoms. The number of nitrogens with two attached hydrogens (primary N) is 1. The van der Waals surface area contributed by atoms with E-state index >= 15 is 0 Å². The Balaban J connectivity index is 2.34. The molecular weight excluding hydrogens is 268 g/mol. The van der Waals surface area contributed by atoms with Crippen LogP contribution in [0.3, 0.4) is 0 Å². The van der Waals surface area contributed by atoms with Gasteiger partial charge in [-0.1, -0.05) is 19.1 Å². The van der Waals surface area contributed by atoms with E-state index in [4.69, 9.17) is 5.73 Å². The van der Waals surface area contributed by atoms with Gasteiger partial charge in [-0.2, -0.15) is 0 Å². The van der Waals surface area contributed by atoms with Crippen molar-refractivity contribution in [3.05, 3.63) is 35.4 Å². The quantitative estimate of drug-likeness (QED) is 0.717. The minimum atomic E-state index is -0.362. The highest BCUT2D eigenvalue weighted by atomic mass is 16.5. The summed E-state index contributed by atoms with van der Waals surface area (Å²) in [5.74, 6) is 0.149. The molecule has 0 heterocycles. The number of carbonyl (C=O) groups is 2. The first-order chi connectivity index (χ1) is 10.1. The predicted molar refractivity (Wildman–Crippen MR) is 81.7 cm³/mol. The Kier molecular flexibility index (Phi) is 7.46. The molecule has 0 radical (unpaired) electrons. The van der Waals surface area contributed by atoms with Crippen LogP contribution in [0.5, 0.6) is 0 Å². The predicted octanol–water partition coefficient (Wildman–Crippen LogP) is 1.85. The number of hydrogen-bond acceptors (Lipinski definition) is 4. The van der Waals surface area contributed by atoms with Gasteiger partial charge in [-0.05, 0) is 43.0 Å². The number of nitrogens with one attached hydrogen (secondary N) is 1. The molecule has 1 unspecified atom stereocenters. The molecule has 1 rings (SSSR count). The number of hydrogen-bond donors (Lipinski definition) is 2. The van der Waals surface area contributed by atoms with Crippen LogP contribution in [-0.2, 0) is 16.1 Å². The standard InChI is InChI=1S/C16H24N2O3/c1-12(9-10-17)3-8-15(19)18-11-13-4-6-14(7-5-13)16(20)21-2/h4-7,12H,3,8-11,17H2,1-2H3,(H,18,19). The largest absolute Gasteiger partial charge is 0.465 e. The Labute approximate surface area is 125 Å². The summed E-state index contributed by atoms with van der Waals surface area (Å²) in [5, 5.41) is 2.87. The first kappa shape index (κ1) is 17.2. The molecule has 0 aliphatic carbocycles. The van der Waals surface area contributed by atoms with Crippen LogP contribution in [0.2, 0.25) is 0 Å². The molecule has 0 spiro atoms. The van der Waals surface area contributed by atoms with E-state index in [2.05, 4.69) is 17.0 Å². The summed E-state index contributed by atoms with van der Waals surface area (Å²) in [6.45, 7) is 3.23. The maximum atomic E-state index is 11.7. The van der Waals surface area contributed by atoms with Gasteiger partial charge >= 0.3 is 5.97 Å². The Morgan fingerprint density at radius 2 is 1.90 bits per heavy atom. The molecule has 21 heavy (non-hydrogen) atoms. The van der Waals surface area contributed by atoms with Crippen molar-refractivity contribution in [1.82, 2.24) is 5.32 Å². The third-order valence-electron chi connectivity index (χ3n) is 3.39. The first-order valence-electron chi connectivity index (χ1n) is 7.20. The van der Waals surface area contributed by atoms with Crippen molar-refractivity contribution >= 4 is 11.9 Å². The van der Waals surface area contributed by atoms with Crippen molar-refractivity contribution in [2.45, 2.75) is 32.7 Å². The summed E-state index contributed by atoms with van der Waals surface area (Å²) in [7, 11) is 1.35. The zero-order valence-electron chi connectivity index (χ0n) is 12.7. The van der Waals surface area contributed by atoms with Crippen molar-refractivity contribution in [3.8, 4) is 0 Å². The minimum Gasteiger partial charge on any atom is -0.465 e. The summed E-state index contributed by atoms with van der Waals surface area (Å²) in [5.41, 5.74) is 6.93. The number of amides is 1. The maximum Gasteiger partial charge on any atom is 0.337 e. The molecule has 1 atom stereocenters. The van der Waals surface area contributed by atoms with E-state index in [0.29, 0.717) is 31.0 Å². The van der Waals surface area contributed by atoms with E-state index < -0.39 is 0 Å². The number of ether oxygens (including phenoxy) is 1. The van der Waals surface area contributed by atoms with E-state index in [9.17, 15) is 9.59 Å². The monoisotopic (exact) mass is 292 g/mol. The van der Waals surface area contributed by atoms with E-state index in [-0.39, 0.29) is 11.9 Å². The molecule has 0 aliphatic rings. The number of rotatable bonds is 8. The Hall–Kier alpha value is -1.88.